The number of amides is 1. The van der Waals surface area contributed by atoms with E-state index in [4.69, 9.17) is 0 Å². The molecule has 1 aromatic carbocycles. The van der Waals surface area contributed by atoms with Crippen molar-refractivity contribution < 1.29 is 18.0 Å². The Hall–Kier alpha value is -1.52. The van der Waals surface area contributed by atoms with Crippen molar-refractivity contribution in [2.24, 2.45) is 4.99 Å². The Morgan fingerprint density at radius 2 is 1.73 bits per heavy atom. The summed E-state index contributed by atoms with van der Waals surface area (Å²) < 4.78 is 39.8. The van der Waals surface area contributed by atoms with Crippen molar-refractivity contribution >= 4 is 35.8 Å². The van der Waals surface area contributed by atoms with Crippen LogP contribution < -0.4 is 5.32 Å². The molecule has 0 heterocycles. The molecule has 1 amide bonds. The first-order valence-corrected chi connectivity index (χ1v) is 8.01. The Balaban J connectivity index is 0.00000625. The fourth-order valence-corrected chi connectivity index (χ4v) is 1.93. The molecule has 9 heteroatoms. The monoisotopic (exact) mass is 486 g/mol. The average molecular weight is 486 g/mol. The molecule has 0 aliphatic rings. The lowest BCUT2D eigenvalue weighted by atomic mass is 10.2. The summed E-state index contributed by atoms with van der Waals surface area (Å²) in [5.74, 6) is -3.71. The predicted molar refractivity (Wildman–Crippen MR) is 107 cm³/mol. The van der Waals surface area contributed by atoms with E-state index in [1.54, 1.807) is 26.0 Å². The molecular formula is C17H26F3IN4O. The molecule has 1 atom stereocenters. The highest BCUT2D eigenvalue weighted by Crippen LogP contribution is 2.15. The molecule has 148 valence electrons. The summed E-state index contributed by atoms with van der Waals surface area (Å²) in [4.78, 5) is 19.1. The first-order valence-electron chi connectivity index (χ1n) is 8.01. The predicted octanol–water partition coefficient (Wildman–Crippen LogP) is 2.99. The van der Waals surface area contributed by atoms with Crippen LogP contribution in [0.15, 0.2) is 17.1 Å². The Kier molecular flexibility index (Phi) is 10.6. The zero-order chi connectivity index (χ0) is 19.1. The van der Waals surface area contributed by atoms with E-state index in [9.17, 15) is 18.0 Å². The van der Waals surface area contributed by atoms with Gasteiger partial charge >= 0.3 is 0 Å². The molecule has 0 saturated heterocycles. The van der Waals surface area contributed by atoms with E-state index < -0.39 is 17.5 Å². The molecule has 5 nitrogen and oxygen atoms in total. The highest BCUT2D eigenvalue weighted by Gasteiger charge is 2.15. The molecule has 0 radical (unpaired) electrons. The largest absolute Gasteiger partial charge is 0.354 e. The second kappa shape index (κ2) is 11.2. The Morgan fingerprint density at radius 3 is 2.19 bits per heavy atom. The quantitative estimate of drug-likeness (QED) is 0.291. The minimum absolute atomic E-state index is 0. The molecule has 0 spiro atoms. The third-order valence-corrected chi connectivity index (χ3v) is 3.68. The minimum atomic E-state index is -1.49. The van der Waals surface area contributed by atoms with E-state index in [0.29, 0.717) is 5.96 Å². The summed E-state index contributed by atoms with van der Waals surface area (Å²) in [6.07, 6.45) is 0.828. The van der Waals surface area contributed by atoms with Crippen LogP contribution in [0, 0.1) is 17.5 Å². The highest BCUT2D eigenvalue weighted by atomic mass is 127. The molecule has 0 aliphatic carbocycles. The second-order valence-electron chi connectivity index (χ2n) is 6.11. The molecule has 0 saturated carbocycles. The van der Waals surface area contributed by atoms with Crippen LogP contribution in [0.2, 0.25) is 0 Å². The zero-order valence-corrected chi connectivity index (χ0v) is 18.0. The maximum Gasteiger partial charge on any atom is 0.243 e. The third-order valence-electron chi connectivity index (χ3n) is 3.68. The maximum atomic E-state index is 13.4. The summed E-state index contributed by atoms with van der Waals surface area (Å²) in [6.45, 7) is 3.99. The molecule has 0 fully saturated rings. The SMILES string of the molecule is CCC(C)NC(=NCC(=O)N(C)C)N(C)Cc1cc(F)c(F)c(F)c1.I. The number of aliphatic imine (C=N–C) groups is 1. The molecule has 0 aliphatic heterocycles. The Morgan fingerprint density at radius 1 is 1.19 bits per heavy atom. The van der Waals surface area contributed by atoms with Crippen LogP contribution >= 0.6 is 24.0 Å². The van der Waals surface area contributed by atoms with E-state index >= 15 is 0 Å². The molecule has 1 N–H and O–H groups in total. The van der Waals surface area contributed by atoms with Crippen LogP contribution in [0.1, 0.15) is 25.8 Å². The molecule has 0 aromatic heterocycles. The summed E-state index contributed by atoms with van der Waals surface area (Å²) in [5.41, 5.74) is 0.261. The van der Waals surface area contributed by atoms with Crippen LogP contribution in [-0.2, 0) is 11.3 Å². The second-order valence-corrected chi connectivity index (χ2v) is 6.11. The number of guanidine groups is 1. The number of rotatable bonds is 6. The molecule has 1 rings (SSSR count). The van der Waals surface area contributed by atoms with Gasteiger partial charge in [-0.15, -0.1) is 24.0 Å². The lowest BCUT2D eigenvalue weighted by Crippen LogP contribution is -2.43. The van der Waals surface area contributed by atoms with E-state index in [1.165, 1.54) is 4.90 Å². The lowest BCUT2D eigenvalue weighted by molar-refractivity contribution is -0.127. The van der Waals surface area contributed by atoms with Gasteiger partial charge in [-0.1, -0.05) is 6.92 Å². The van der Waals surface area contributed by atoms with Crippen LogP contribution in [0.4, 0.5) is 13.2 Å². The van der Waals surface area contributed by atoms with Crippen LogP contribution in [0.25, 0.3) is 0 Å². The van der Waals surface area contributed by atoms with Crippen molar-refractivity contribution in [3.8, 4) is 0 Å². The van der Waals surface area contributed by atoms with Crippen molar-refractivity contribution in [2.45, 2.75) is 32.9 Å². The van der Waals surface area contributed by atoms with Gasteiger partial charge in [0.05, 0.1) is 0 Å². The minimum Gasteiger partial charge on any atom is -0.354 e. The van der Waals surface area contributed by atoms with Gasteiger partial charge in [-0.25, -0.2) is 18.2 Å². The molecule has 1 aromatic rings. The smallest absolute Gasteiger partial charge is 0.243 e. The van der Waals surface area contributed by atoms with Crippen LogP contribution in [-0.4, -0.2) is 55.4 Å². The van der Waals surface area contributed by atoms with Gasteiger partial charge in [0, 0.05) is 33.7 Å². The van der Waals surface area contributed by atoms with Gasteiger partial charge in [0.15, 0.2) is 23.4 Å². The van der Waals surface area contributed by atoms with Gasteiger partial charge in [0.2, 0.25) is 5.91 Å². The molecule has 26 heavy (non-hydrogen) atoms. The first kappa shape index (κ1) is 24.5. The van der Waals surface area contributed by atoms with Crippen LogP contribution in [0.5, 0.6) is 0 Å². The van der Waals surface area contributed by atoms with Crippen molar-refractivity contribution in [2.75, 3.05) is 27.7 Å². The number of hydrogen-bond acceptors (Lipinski definition) is 2. The van der Waals surface area contributed by atoms with E-state index in [1.807, 2.05) is 13.8 Å². The normalized spacial score (nSPS) is 12.2. The van der Waals surface area contributed by atoms with Gasteiger partial charge in [0.25, 0.3) is 0 Å². The van der Waals surface area contributed by atoms with Gasteiger partial charge in [0.1, 0.15) is 6.54 Å². The molecule has 0 bridgehead atoms. The number of likely N-dealkylation sites (N-methyl/N-ethyl adjacent to an activating group) is 1. The van der Waals surface area contributed by atoms with Crippen molar-refractivity contribution in [1.82, 2.24) is 15.1 Å². The van der Waals surface area contributed by atoms with Crippen molar-refractivity contribution in [3.05, 3.63) is 35.1 Å². The van der Waals surface area contributed by atoms with E-state index in [-0.39, 0.29) is 54.6 Å². The van der Waals surface area contributed by atoms with Crippen molar-refractivity contribution in [3.63, 3.8) is 0 Å². The Labute approximate surface area is 169 Å². The molecular weight excluding hydrogens is 460 g/mol. The number of carbonyl (C=O) groups excluding carboxylic acids is 1. The number of nitrogens with zero attached hydrogens (tertiary/aromatic N) is 3. The molecule has 1 unspecified atom stereocenters. The summed E-state index contributed by atoms with van der Waals surface area (Å²) in [7, 11) is 4.94. The van der Waals surface area contributed by atoms with Gasteiger partial charge in [-0.3, -0.25) is 4.79 Å². The fraction of sp³-hybridized carbons (Fsp3) is 0.529. The van der Waals surface area contributed by atoms with Gasteiger partial charge in [-0.05, 0) is 31.0 Å². The van der Waals surface area contributed by atoms with Crippen molar-refractivity contribution in [1.29, 1.82) is 0 Å². The standard InChI is InChI=1S/C17H25F3N4O.HI/c1-6-11(2)22-17(21-9-15(25)23(3)4)24(5)10-12-7-13(18)16(20)14(19)8-12;/h7-8,11H,6,9-10H2,1-5H3,(H,21,22);1H. The van der Waals surface area contributed by atoms with Gasteiger partial charge in [-0.2, -0.15) is 0 Å². The Bertz CT molecular complexity index is 617. The van der Waals surface area contributed by atoms with E-state index in [0.717, 1.165) is 18.6 Å². The first-order chi connectivity index (χ1) is 11.6. The number of hydrogen-bond donors (Lipinski definition) is 1. The lowest BCUT2D eigenvalue weighted by Gasteiger charge is -2.25. The third kappa shape index (κ3) is 7.38. The highest BCUT2D eigenvalue weighted by molar-refractivity contribution is 14.0. The number of nitrogens with one attached hydrogen (secondary N) is 1. The summed E-state index contributed by atoms with van der Waals surface area (Å²) in [6, 6.07) is 1.99. The van der Waals surface area contributed by atoms with Crippen LogP contribution in [0.3, 0.4) is 0 Å². The van der Waals surface area contributed by atoms with E-state index in [2.05, 4.69) is 10.3 Å². The number of halogens is 4. The van der Waals surface area contributed by atoms with Gasteiger partial charge < -0.3 is 15.1 Å². The number of benzene rings is 1. The topological polar surface area (TPSA) is 47.9 Å². The zero-order valence-electron chi connectivity index (χ0n) is 15.6. The summed E-state index contributed by atoms with van der Waals surface area (Å²) >= 11 is 0. The maximum absolute atomic E-state index is 13.4. The number of carbonyl (C=O) groups is 1. The fourth-order valence-electron chi connectivity index (χ4n) is 1.93. The summed E-state index contributed by atoms with van der Waals surface area (Å²) in [5, 5.41) is 3.17. The average Bonchev–Trinajstić information content (AvgIpc) is 2.55.